The number of halogens is 1. The molecule has 88 valence electrons. The average molecular weight is 241 g/mol. The van der Waals surface area contributed by atoms with Crippen molar-refractivity contribution in [3.8, 4) is 0 Å². The fraction of sp³-hybridized carbons (Fsp3) is 0.583. The highest BCUT2D eigenvalue weighted by Crippen LogP contribution is 2.27. The molecule has 0 unspecified atom stereocenters. The molecule has 16 heavy (non-hydrogen) atoms. The quantitative estimate of drug-likeness (QED) is 0.856. The van der Waals surface area contributed by atoms with Crippen LogP contribution in [0.1, 0.15) is 18.5 Å². The molecule has 1 aliphatic rings. The van der Waals surface area contributed by atoms with Crippen LogP contribution in [-0.4, -0.2) is 40.7 Å². The van der Waals surface area contributed by atoms with Crippen LogP contribution in [0, 0.1) is 0 Å². The van der Waals surface area contributed by atoms with Gasteiger partial charge in [0.05, 0.1) is 16.3 Å². The molecule has 1 N–H and O–H groups in total. The largest absolute Gasteiger partial charge is 0.389 e. The Morgan fingerprint density at radius 3 is 2.81 bits per heavy atom. The van der Waals surface area contributed by atoms with Gasteiger partial charge < -0.3 is 10.0 Å². The topological polar surface area (TPSA) is 36.4 Å². The maximum atomic E-state index is 10.4. The summed E-state index contributed by atoms with van der Waals surface area (Å²) in [5.74, 6) is 0. The molecular weight excluding hydrogens is 224 g/mol. The summed E-state index contributed by atoms with van der Waals surface area (Å²) in [6, 6.07) is 3.63. The van der Waals surface area contributed by atoms with E-state index in [0.29, 0.717) is 11.4 Å². The molecule has 0 radical (unpaired) electrons. The van der Waals surface area contributed by atoms with Crippen molar-refractivity contribution in [1.29, 1.82) is 0 Å². The molecule has 0 spiro atoms. The maximum Gasteiger partial charge on any atom is 0.0727 e. The predicted molar refractivity (Wildman–Crippen MR) is 64.6 cm³/mol. The van der Waals surface area contributed by atoms with E-state index in [0.717, 1.165) is 31.6 Å². The molecule has 1 saturated heterocycles. The molecule has 0 saturated carbocycles. The zero-order valence-electron chi connectivity index (χ0n) is 9.49. The first-order valence-electron chi connectivity index (χ1n) is 5.59. The molecule has 0 bridgehead atoms. The Balaban J connectivity index is 2.07. The third kappa shape index (κ3) is 2.73. The van der Waals surface area contributed by atoms with Crippen LogP contribution in [0.2, 0.25) is 5.02 Å². The highest BCUT2D eigenvalue weighted by molar-refractivity contribution is 6.31. The Morgan fingerprint density at radius 2 is 2.19 bits per heavy atom. The summed E-state index contributed by atoms with van der Waals surface area (Å²) >= 11 is 6.05. The lowest BCUT2D eigenvalue weighted by molar-refractivity contribution is -0.0157. The summed E-state index contributed by atoms with van der Waals surface area (Å²) in [6.45, 7) is 1.86. The molecular formula is C12H17ClN2O. The minimum absolute atomic E-state index is 0.556. The van der Waals surface area contributed by atoms with Crippen LogP contribution in [-0.2, 0) is 6.42 Å². The Labute approximate surface area is 101 Å². The second-order valence-corrected chi connectivity index (χ2v) is 5.04. The van der Waals surface area contributed by atoms with Gasteiger partial charge in [-0.05, 0) is 32.0 Å². The first-order valence-corrected chi connectivity index (χ1v) is 5.97. The zero-order chi connectivity index (χ0) is 11.6. The van der Waals surface area contributed by atoms with Gasteiger partial charge in [-0.1, -0.05) is 11.6 Å². The summed E-state index contributed by atoms with van der Waals surface area (Å²) in [7, 11) is 2.08. The molecule has 0 aromatic carbocycles. The summed E-state index contributed by atoms with van der Waals surface area (Å²) in [5.41, 5.74) is 0.168. The Kier molecular flexibility index (Phi) is 3.47. The molecule has 1 aromatic rings. The van der Waals surface area contributed by atoms with Crippen LogP contribution in [0.15, 0.2) is 18.3 Å². The van der Waals surface area contributed by atoms with Gasteiger partial charge in [0, 0.05) is 25.7 Å². The molecule has 0 aliphatic carbocycles. The van der Waals surface area contributed by atoms with Crippen LogP contribution in [0.5, 0.6) is 0 Å². The van der Waals surface area contributed by atoms with E-state index < -0.39 is 5.60 Å². The van der Waals surface area contributed by atoms with Gasteiger partial charge in [-0.2, -0.15) is 0 Å². The third-order valence-electron chi connectivity index (χ3n) is 3.25. The normalized spacial score (nSPS) is 20.9. The second kappa shape index (κ2) is 4.70. The van der Waals surface area contributed by atoms with Crippen LogP contribution >= 0.6 is 11.6 Å². The van der Waals surface area contributed by atoms with E-state index in [1.807, 2.05) is 12.1 Å². The number of aliphatic hydroxyl groups is 1. The lowest BCUT2D eigenvalue weighted by Crippen LogP contribution is -2.44. The molecule has 3 nitrogen and oxygen atoms in total. The molecule has 4 heteroatoms. The van der Waals surface area contributed by atoms with Gasteiger partial charge in [0.15, 0.2) is 0 Å². The summed E-state index contributed by atoms with van der Waals surface area (Å²) < 4.78 is 0. The van der Waals surface area contributed by atoms with Crippen LogP contribution in [0.4, 0.5) is 0 Å². The number of hydrogen-bond donors (Lipinski definition) is 1. The molecule has 2 heterocycles. The molecule has 0 amide bonds. The summed E-state index contributed by atoms with van der Waals surface area (Å²) in [4.78, 5) is 6.46. The molecule has 0 atom stereocenters. The van der Waals surface area contributed by atoms with Crippen molar-refractivity contribution in [3.63, 3.8) is 0 Å². The fourth-order valence-electron chi connectivity index (χ4n) is 2.07. The van der Waals surface area contributed by atoms with Crippen molar-refractivity contribution in [2.75, 3.05) is 20.1 Å². The van der Waals surface area contributed by atoms with Crippen molar-refractivity contribution in [2.45, 2.75) is 24.9 Å². The number of rotatable bonds is 2. The number of aromatic nitrogens is 1. The lowest BCUT2D eigenvalue weighted by atomic mass is 9.87. The summed E-state index contributed by atoms with van der Waals surface area (Å²) in [5, 5.41) is 11.1. The zero-order valence-corrected chi connectivity index (χ0v) is 10.2. The van der Waals surface area contributed by atoms with Crippen molar-refractivity contribution >= 4 is 11.6 Å². The van der Waals surface area contributed by atoms with E-state index in [1.165, 1.54) is 0 Å². The number of hydrogen-bond acceptors (Lipinski definition) is 3. The van der Waals surface area contributed by atoms with Crippen molar-refractivity contribution in [1.82, 2.24) is 9.88 Å². The third-order valence-corrected chi connectivity index (χ3v) is 3.59. The Morgan fingerprint density at radius 1 is 1.50 bits per heavy atom. The van der Waals surface area contributed by atoms with E-state index in [9.17, 15) is 5.11 Å². The molecule has 1 fully saturated rings. The first-order chi connectivity index (χ1) is 7.59. The average Bonchev–Trinajstić information content (AvgIpc) is 2.27. The Bertz CT molecular complexity index is 362. The van der Waals surface area contributed by atoms with Gasteiger partial charge >= 0.3 is 0 Å². The van der Waals surface area contributed by atoms with E-state index >= 15 is 0 Å². The minimum atomic E-state index is -0.634. The van der Waals surface area contributed by atoms with Gasteiger partial charge in [0.1, 0.15) is 0 Å². The predicted octanol–water partition coefficient (Wildman–Crippen LogP) is 1.73. The monoisotopic (exact) mass is 240 g/mol. The van der Waals surface area contributed by atoms with Gasteiger partial charge in [-0.3, -0.25) is 4.98 Å². The van der Waals surface area contributed by atoms with E-state index in [-0.39, 0.29) is 0 Å². The number of piperidine rings is 1. The highest BCUT2D eigenvalue weighted by Gasteiger charge is 2.32. The second-order valence-electron chi connectivity index (χ2n) is 4.64. The van der Waals surface area contributed by atoms with Gasteiger partial charge in [0.2, 0.25) is 0 Å². The van der Waals surface area contributed by atoms with Crippen LogP contribution in [0.3, 0.4) is 0 Å². The van der Waals surface area contributed by atoms with Crippen molar-refractivity contribution in [2.24, 2.45) is 0 Å². The van der Waals surface area contributed by atoms with Crippen molar-refractivity contribution < 1.29 is 5.11 Å². The van der Waals surface area contributed by atoms with E-state index in [1.54, 1.807) is 6.20 Å². The van der Waals surface area contributed by atoms with Gasteiger partial charge in [0.25, 0.3) is 0 Å². The fourth-order valence-corrected chi connectivity index (χ4v) is 2.26. The molecule has 1 aliphatic heterocycles. The van der Waals surface area contributed by atoms with Crippen LogP contribution < -0.4 is 0 Å². The number of pyridine rings is 1. The number of likely N-dealkylation sites (tertiary alicyclic amines) is 1. The van der Waals surface area contributed by atoms with Crippen molar-refractivity contribution in [3.05, 3.63) is 29.0 Å². The standard InChI is InChI=1S/C12H17ClN2O/c1-15-7-4-12(16,5-8-15)9-11-10(13)3-2-6-14-11/h2-3,6,16H,4-5,7-9H2,1H3. The Hall–Kier alpha value is -0.640. The smallest absolute Gasteiger partial charge is 0.0727 e. The molecule has 1 aromatic heterocycles. The lowest BCUT2D eigenvalue weighted by Gasteiger charge is -2.36. The summed E-state index contributed by atoms with van der Waals surface area (Å²) in [6.07, 6.45) is 3.85. The van der Waals surface area contributed by atoms with Gasteiger partial charge in [-0.15, -0.1) is 0 Å². The molecule has 2 rings (SSSR count). The van der Waals surface area contributed by atoms with E-state index in [4.69, 9.17) is 11.6 Å². The number of nitrogens with zero attached hydrogens (tertiary/aromatic N) is 2. The minimum Gasteiger partial charge on any atom is -0.389 e. The maximum absolute atomic E-state index is 10.4. The van der Waals surface area contributed by atoms with Crippen LogP contribution in [0.25, 0.3) is 0 Å². The highest BCUT2D eigenvalue weighted by atomic mass is 35.5. The van der Waals surface area contributed by atoms with Gasteiger partial charge in [-0.25, -0.2) is 0 Å². The first kappa shape index (κ1) is 11.8. The van der Waals surface area contributed by atoms with E-state index in [2.05, 4.69) is 16.9 Å². The SMILES string of the molecule is CN1CCC(O)(Cc2ncccc2Cl)CC1.